The highest BCUT2D eigenvalue weighted by atomic mass is 35.5. The Morgan fingerprint density at radius 1 is 1.40 bits per heavy atom. The molecule has 2 atom stereocenters. The van der Waals surface area contributed by atoms with Crippen LogP contribution < -0.4 is 5.73 Å². The lowest BCUT2D eigenvalue weighted by atomic mass is 10.0. The molecule has 2 fully saturated rings. The van der Waals surface area contributed by atoms with E-state index in [9.17, 15) is 5.11 Å². The van der Waals surface area contributed by atoms with Crippen molar-refractivity contribution in [1.29, 1.82) is 0 Å². The maximum Gasteiger partial charge on any atom is 0.134 e. The van der Waals surface area contributed by atoms with Crippen LogP contribution in [0.25, 0.3) is 0 Å². The predicted molar refractivity (Wildman–Crippen MR) is 101 cm³/mol. The van der Waals surface area contributed by atoms with Gasteiger partial charge in [0.25, 0.3) is 0 Å². The average Bonchev–Trinajstić information content (AvgIpc) is 3.12. The number of aliphatic hydroxyl groups excluding tert-OH is 1. The third kappa shape index (κ3) is 6.42. The molecule has 3 N–H and O–H groups in total. The van der Waals surface area contributed by atoms with Gasteiger partial charge in [-0.3, -0.25) is 0 Å². The zero-order chi connectivity index (χ0) is 18.2. The Bertz CT molecular complexity index is 495. The molecule has 2 rings (SSSR count). The summed E-state index contributed by atoms with van der Waals surface area (Å²) in [4.78, 5) is 2.28. The molecule has 0 aromatic rings. The zero-order valence-electron chi connectivity index (χ0n) is 15.1. The largest absolute Gasteiger partial charge is 0.489 e. The first-order chi connectivity index (χ1) is 12.0. The highest BCUT2D eigenvalue weighted by Crippen LogP contribution is 2.24. The van der Waals surface area contributed by atoms with E-state index in [0.29, 0.717) is 36.1 Å². The van der Waals surface area contributed by atoms with E-state index < -0.39 is 6.10 Å². The van der Waals surface area contributed by atoms with Gasteiger partial charge in [-0.25, -0.2) is 0 Å². The van der Waals surface area contributed by atoms with Gasteiger partial charge in [0.05, 0.1) is 24.4 Å². The molecule has 2 aliphatic rings. The van der Waals surface area contributed by atoms with Crippen molar-refractivity contribution in [3.63, 3.8) is 0 Å². The van der Waals surface area contributed by atoms with Crippen LogP contribution in [0.15, 0.2) is 35.1 Å². The van der Waals surface area contributed by atoms with Crippen LogP contribution in [0, 0.1) is 0 Å². The summed E-state index contributed by atoms with van der Waals surface area (Å²) >= 11 is 6.39. The summed E-state index contributed by atoms with van der Waals surface area (Å²) < 4.78 is 11.3. The van der Waals surface area contributed by atoms with Crippen LogP contribution in [-0.4, -0.2) is 61.1 Å². The molecule has 0 amide bonds. The van der Waals surface area contributed by atoms with Crippen molar-refractivity contribution in [1.82, 2.24) is 4.90 Å². The van der Waals surface area contributed by atoms with Gasteiger partial charge in [0.2, 0.25) is 0 Å². The number of likely N-dealkylation sites (tertiary alicyclic amines) is 1. The van der Waals surface area contributed by atoms with Crippen molar-refractivity contribution >= 4 is 11.6 Å². The second kappa shape index (κ2) is 10.3. The molecule has 2 saturated heterocycles. The van der Waals surface area contributed by atoms with Gasteiger partial charge < -0.3 is 25.2 Å². The van der Waals surface area contributed by atoms with E-state index in [0.717, 1.165) is 25.9 Å². The summed E-state index contributed by atoms with van der Waals surface area (Å²) in [6, 6.07) is -0.378. The molecule has 0 aliphatic carbocycles. The van der Waals surface area contributed by atoms with Crippen molar-refractivity contribution < 1.29 is 14.6 Å². The standard InChI is InChI=1S/C19H31ClN2O3/c1-3-18(25-15-6-10-24-11-7-15)16(20)12-14(2)19(23)17(21)13-22-8-4-5-9-22/h3,12,15,17,19,23H,2,4-11,13,21H2,1H3. The molecule has 0 saturated carbocycles. The Morgan fingerprint density at radius 3 is 2.64 bits per heavy atom. The number of nitrogens with two attached hydrogens (primary N) is 1. The number of nitrogens with zero attached hydrogens (tertiary/aromatic N) is 1. The Labute approximate surface area is 156 Å². The molecule has 2 aliphatic heterocycles. The predicted octanol–water partition coefficient (Wildman–Crippen LogP) is 2.55. The molecule has 0 bridgehead atoms. The number of ether oxygens (including phenoxy) is 2. The molecule has 0 radical (unpaired) electrons. The molecule has 142 valence electrons. The fourth-order valence-corrected chi connectivity index (χ4v) is 3.49. The smallest absolute Gasteiger partial charge is 0.134 e. The van der Waals surface area contributed by atoms with Crippen LogP contribution in [0.3, 0.4) is 0 Å². The van der Waals surface area contributed by atoms with Gasteiger partial charge in [0.1, 0.15) is 11.9 Å². The first kappa shape index (κ1) is 20.5. The molecule has 2 heterocycles. The summed E-state index contributed by atoms with van der Waals surface area (Å²) in [6.45, 7) is 10.00. The van der Waals surface area contributed by atoms with Gasteiger partial charge >= 0.3 is 0 Å². The molecule has 0 spiro atoms. The Hall–Kier alpha value is -0.850. The Balaban J connectivity index is 1.89. The van der Waals surface area contributed by atoms with Gasteiger partial charge in [-0.05, 0) is 50.6 Å². The van der Waals surface area contributed by atoms with Crippen LogP contribution in [0.1, 0.15) is 32.6 Å². The fourth-order valence-electron chi connectivity index (χ4n) is 3.19. The average molecular weight is 371 g/mol. The van der Waals surface area contributed by atoms with Gasteiger partial charge in [-0.1, -0.05) is 18.2 Å². The van der Waals surface area contributed by atoms with Crippen molar-refractivity contribution in [2.45, 2.75) is 50.9 Å². The van der Waals surface area contributed by atoms with Crippen LogP contribution in [0.4, 0.5) is 0 Å². The minimum atomic E-state index is -0.824. The molecule has 0 aromatic carbocycles. The molecule has 5 nitrogen and oxygen atoms in total. The molecule has 0 aromatic heterocycles. The van der Waals surface area contributed by atoms with Crippen molar-refractivity contribution in [2.24, 2.45) is 5.73 Å². The van der Waals surface area contributed by atoms with Crippen LogP contribution in [-0.2, 0) is 9.47 Å². The lowest BCUT2D eigenvalue weighted by Gasteiger charge is -2.26. The minimum absolute atomic E-state index is 0.109. The van der Waals surface area contributed by atoms with Crippen LogP contribution in [0.2, 0.25) is 0 Å². The molecular formula is C19H31ClN2O3. The molecule has 2 unspecified atom stereocenters. The molecular weight excluding hydrogens is 340 g/mol. The third-order valence-electron chi connectivity index (χ3n) is 4.72. The molecule has 6 heteroatoms. The van der Waals surface area contributed by atoms with E-state index >= 15 is 0 Å². The van der Waals surface area contributed by atoms with Crippen LogP contribution >= 0.6 is 11.6 Å². The second-order valence-electron chi connectivity index (χ2n) is 6.77. The minimum Gasteiger partial charge on any atom is -0.489 e. The van der Waals surface area contributed by atoms with Gasteiger partial charge in [0, 0.05) is 25.4 Å². The number of halogens is 1. The summed E-state index contributed by atoms with van der Waals surface area (Å²) in [5.74, 6) is 0.607. The summed E-state index contributed by atoms with van der Waals surface area (Å²) in [5.41, 5.74) is 6.65. The summed E-state index contributed by atoms with van der Waals surface area (Å²) in [5, 5.41) is 10.9. The van der Waals surface area contributed by atoms with E-state index in [1.807, 2.05) is 13.0 Å². The fraction of sp³-hybridized carbons (Fsp3) is 0.684. The van der Waals surface area contributed by atoms with E-state index in [2.05, 4.69) is 11.5 Å². The Morgan fingerprint density at radius 2 is 2.04 bits per heavy atom. The van der Waals surface area contributed by atoms with Gasteiger partial charge in [-0.15, -0.1) is 0 Å². The third-order valence-corrected chi connectivity index (χ3v) is 5.02. The second-order valence-corrected chi connectivity index (χ2v) is 7.17. The Kier molecular flexibility index (Phi) is 8.46. The first-order valence-corrected chi connectivity index (χ1v) is 9.52. The van der Waals surface area contributed by atoms with E-state index in [-0.39, 0.29) is 12.1 Å². The van der Waals surface area contributed by atoms with E-state index in [1.54, 1.807) is 6.08 Å². The van der Waals surface area contributed by atoms with E-state index in [1.165, 1.54) is 12.8 Å². The summed E-state index contributed by atoms with van der Waals surface area (Å²) in [6.07, 6.45) is 6.88. The van der Waals surface area contributed by atoms with E-state index in [4.69, 9.17) is 26.8 Å². The van der Waals surface area contributed by atoms with Gasteiger partial charge in [-0.2, -0.15) is 0 Å². The number of aliphatic hydroxyl groups is 1. The highest BCUT2D eigenvalue weighted by Gasteiger charge is 2.23. The SMILES string of the molecule is C=C(C=C(Cl)C(=CC)OC1CCOCC1)C(O)C(N)CN1CCCC1. The number of hydrogen-bond acceptors (Lipinski definition) is 5. The topological polar surface area (TPSA) is 67.9 Å². The molecule has 25 heavy (non-hydrogen) atoms. The van der Waals surface area contributed by atoms with Crippen LogP contribution in [0.5, 0.6) is 0 Å². The zero-order valence-corrected chi connectivity index (χ0v) is 15.9. The lowest BCUT2D eigenvalue weighted by molar-refractivity contribution is -0.00121. The maximum atomic E-state index is 10.4. The maximum absolute atomic E-state index is 10.4. The number of allylic oxidation sites excluding steroid dienone is 2. The number of rotatable bonds is 8. The van der Waals surface area contributed by atoms with Crippen molar-refractivity contribution in [3.05, 3.63) is 35.1 Å². The highest BCUT2D eigenvalue weighted by molar-refractivity contribution is 6.31. The van der Waals surface area contributed by atoms with Crippen molar-refractivity contribution in [3.8, 4) is 0 Å². The summed E-state index contributed by atoms with van der Waals surface area (Å²) in [7, 11) is 0. The quantitative estimate of drug-likeness (QED) is 0.507. The number of hydrogen-bond donors (Lipinski definition) is 2. The van der Waals surface area contributed by atoms with Gasteiger partial charge in [0.15, 0.2) is 0 Å². The monoisotopic (exact) mass is 370 g/mol. The lowest BCUT2D eigenvalue weighted by Crippen LogP contribution is -2.44. The van der Waals surface area contributed by atoms with Crippen molar-refractivity contribution in [2.75, 3.05) is 32.8 Å². The first-order valence-electron chi connectivity index (χ1n) is 9.14. The normalized spacial score (nSPS) is 23.5.